The van der Waals surface area contributed by atoms with Gasteiger partial charge in [-0.15, -0.1) is 0 Å². The van der Waals surface area contributed by atoms with Crippen LogP contribution in [0.15, 0.2) is 34.4 Å². The van der Waals surface area contributed by atoms with Gasteiger partial charge in [-0.2, -0.15) is 0 Å². The number of carbonyl (C=O) groups excluding carboxylic acids is 1. The maximum absolute atomic E-state index is 12.0. The summed E-state index contributed by atoms with van der Waals surface area (Å²) in [5, 5.41) is 4.49. The molecule has 1 heterocycles. The Morgan fingerprint density at radius 2 is 2.00 bits per heavy atom. The number of H-pyrrole nitrogens is 1. The molecule has 1 aliphatic carbocycles. The molecule has 1 amide bonds. The monoisotopic (exact) mass is 288 g/mol. The fourth-order valence-electron chi connectivity index (χ4n) is 2.79. The average Bonchev–Trinajstić information content (AvgIpc) is 2.99. The molecule has 1 aliphatic rings. The summed E-state index contributed by atoms with van der Waals surface area (Å²) < 4.78 is 0. The zero-order valence-corrected chi connectivity index (χ0v) is 12.0. The summed E-state index contributed by atoms with van der Waals surface area (Å²) in [5.74, 6) is -0.208. The molecule has 0 atom stereocenters. The second kappa shape index (κ2) is 4.90. The number of hydrogen-bond acceptors (Lipinski definition) is 3. The van der Waals surface area contributed by atoms with Crippen molar-refractivity contribution in [1.82, 2.24) is 10.3 Å². The van der Waals surface area contributed by atoms with Crippen LogP contribution >= 0.6 is 11.3 Å². The normalized spacial score (nSPS) is 15.8. The number of fused-ring (bicyclic) bond motifs is 1. The summed E-state index contributed by atoms with van der Waals surface area (Å²) in [5.41, 5.74) is 3.14. The number of rotatable bonds is 3. The minimum atomic E-state index is -0.208. The zero-order chi connectivity index (χ0) is 14.2. The topological polar surface area (TPSA) is 62.0 Å². The first-order chi connectivity index (χ1) is 9.56. The number of amides is 1. The first kappa shape index (κ1) is 13.1. The second-order valence-electron chi connectivity index (χ2n) is 5.68. The van der Waals surface area contributed by atoms with E-state index in [4.69, 9.17) is 0 Å². The van der Waals surface area contributed by atoms with Gasteiger partial charge in [0.2, 0.25) is 0 Å². The van der Waals surface area contributed by atoms with Gasteiger partial charge >= 0.3 is 4.87 Å². The van der Waals surface area contributed by atoms with Crippen molar-refractivity contribution in [2.75, 3.05) is 6.54 Å². The number of benzene rings is 1. The van der Waals surface area contributed by atoms with Gasteiger partial charge in [-0.05, 0) is 29.4 Å². The number of hydrogen-bond donors (Lipinski definition) is 2. The van der Waals surface area contributed by atoms with E-state index in [1.165, 1.54) is 11.1 Å². The Hall–Kier alpha value is -1.88. The lowest BCUT2D eigenvalue weighted by Crippen LogP contribution is -2.36. The SMILES string of the molecule is CC1(CNC(=O)c2csc(=O)[nH]2)Cc2ccccc2C1. The molecule has 3 rings (SSSR count). The van der Waals surface area contributed by atoms with E-state index in [2.05, 4.69) is 41.5 Å². The highest BCUT2D eigenvalue weighted by Crippen LogP contribution is 2.35. The first-order valence-electron chi connectivity index (χ1n) is 6.59. The Morgan fingerprint density at radius 1 is 1.35 bits per heavy atom. The van der Waals surface area contributed by atoms with Crippen LogP contribution in [0.25, 0.3) is 0 Å². The summed E-state index contributed by atoms with van der Waals surface area (Å²) in [7, 11) is 0. The van der Waals surface area contributed by atoms with Crippen LogP contribution in [-0.4, -0.2) is 17.4 Å². The van der Waals surface area contributed by atoms with E-state index >= 15 is 0 Å². The van der Waals surface area contributed by atoms with Gasteiger partial charge in [-0.3, -0.25) is 9.59 Å². The maximum Gasteiger partial charge on any atom is 0.305 e. The van der Waals surface area contributed by atoms with Crippen LogP contribution in [0.4, 0.5) is 0 Å². The molecule has 0 saturated carbocycles. The lowest BCUT2D eigenvalue weighted by Gasteiger charge is -2.23. The van der Waals surface area contributed by atoms with E-state index in [9.17, 15) is 9.59 Å². The number of carbonyl (C=O) groups is 1. The third-order valence-electron chi connectivity index (χ3n) is 3.79. The standard InChI is InChI=1S/C15H16N2O2S/c1-15(6-10-4-2-3-5-11(10)7-15)9-16-13(18)12-8-20-14(19)17-12/h2-5,8H,6-7,9H2,1H3,(H,16,18)(H,17,19). The zero-order valence-electron chi connectivity index (χ0n) is 11.2. The van der Waals surface area contributed by atoms with E-state index in [-0.39, 0.29) is 16.2 Å². The summed E-state index contributed by atoms with van der Waals surface area (Å²) in [6.45, 7) is 2.79. The number of nitrogens with one attached hydrogen (secondary N) is 2. The molecular weight excluding hydrogens is 272 g/mol. The molecule has 4 nitrogen and oxygen atoms in total. The highest BCUT2D eigenvalue weighted by Gasteiger charge is 2.32. The van der Waals surface area contributed by atoms with Crippen LogP contribution in [0, 0.1) is 5.41 Å². The molecule has 20 heavy (non-hydrogen) atoms. The molecule has 0 radical (unpaired) electrons. The quantitative estimate of drug-likeness (QED) is 0.907. The first-order valence-corrected chi connectivity index (χ1v) is 7.47. The van der Waals surface area contributed by atoms with E-state index in [1.807, 2.05) is 0 Å². The third-order valence-corrected chi connectivity index (χ3v) is 4.46. The van der Waals surface area contributed by atoms with Gasteiger partial charge in [0.1, 0.15) is 5.69 Å². The van der Waals surface area contributed by atoms with Crippen molar-refractivity contribution >= 4 is 17.2 Å². The predicted octanol–water partition coefficient (Wildman–Crippen LogP) is 1.97. The molecule has 2 N–H and O–H groups in total. The van der Waals surface area contributed by atoms with Crippen molar-refractivity contribution in [3.8, 4) is 0 Å². The van der Waals surface area contributed by atoms with E-state index < -0.39 is 0 Å². The van der Waals surface area contributed by atoms with Crippen molar-refractivity contribution in [3.63, 3.8) is 0 Å². The number of thiazole rings is 1. The summed E-state index contributed by atoms with van der Waals surface area (Å²) in [6, 6.07) is 8.41. The second-order valence-corrected chi connectivity index (χ2v) is 6.52. The van der Waals surface area contributed by atoms with Crippen LogP contribution in [0.5, 0.6) is 0 Å². The molecule has 0 bridgehead atoms. The lowest BCUT2D eigenvalue weighted by molar-refractivity contribution is 0.0930. The van der Waals surface area contributed by atoms with E-state index in [1.54, 1.807) is 5.38 Å². The molecular formula is C15H16N2O2S. The van der Waals surface area contributed by atoms with Crippen molar-refractivity contribution in [2.45, 2.75) is 19.8 Å². The average molecular weight is 288 g/mol. The summed E-state index contributed by atoms with van der Waals surface area (Å²) >= 11 is 1.01. The van der Waals surface area contributed by atoms with Crippen LogP contribution in [0.1, 0.15) is 28.5 Å². The number of aromatic nitrogens is 1. The Kier molecular flexibility index (Phi) is 3.22. The van der Waals surface area contributed by atoms with Crippen LogP contribution in [0.3, 0.4) is 0 Å². The fourth-order valence-corrected chi connectivity index (χ4v) is 3.35. The number of aromatic amines is 1. The van der Waals surface area contributed by atoms with Crippen molar-refractivity contribution < 1.29 is 4.79 Å². The molecule has 0 saturated heterocycles. The molecule has 5 heteroatoms. The predicted molar refractivity (Wildman–Crippen MR) is 79.2 cm³/mol. The molecule has 2 aromatic rings. The fraction of sp³-hybridized carbons (Fsp3) is 0.333. The van der Waals surface area contributed by atoms with Gasteiger partial charge in [-0.25, -0.2) is 0 Å². The van der Waals surface area contributed by atoms with Gasteiger partial charge in [0.25, 0.3) is 5.91 Å². The van der Waals surface area contributed by atoms with Gasteiger partial charge in [0.05, 0.1) is 0 Å². The van der Waals surface area contributed by atoms with Crippen molar-refractivity contribution in [1.29, 1.82) is 0 Å². The minimum Gasteiger partial charge on any atom is -0.350 e. The van der Waals surface area contributed by atoms with Crippen molar-refractivity contribution in [2.24, 2.45) is 5.41 Å². The Bertz CT molecular complexity index is 677. The summed E-state index contributed by atoms with van der Waals surface area (Å²) in [6.07, 6.45) is 1.95. The molecule has 0 fully saturated rings. The molecule has 0 unspecified atom stereocenters. The lowest BCUT2D eigenvalue weighted by atomic mass is 9.87. The Morgan fingerprint density at radius 3 is 2.55 bits per heavy atom. The molecule has 104 valence electrons. The van der Waals surface area contributed by atoms with Gasteiger partial charge < -0.3 is 10.3 Å². The Labute approximate surface area is 120 Å². The molecule has 1 aromatic heterocycles. The van der Waals surface area contributed by atoms with E-state index in [0.717, 1.165) is 24.2 Å². The highest BCUT2D eigenvalue weighted by molar-refractivity contribution is 7.07. The third kappa shape index (κ3) is 2.54. The van der Waals surface area contributed by atoms with Gasteiger partial charge in [0, 0.05) is 11.9 Å². The molecule has 0 aliphatic heterocycles. The minimum absolute atomic E-state index is 0.0513. The maximum atomic E-state index is 12.0. The molecule has 0 spiro atoms. The highest BCUT2D eigenvalue weighted by atomic mass is 32.1. The van der Waals surface area contributed by atoms with Gasteiger partial charge in [-0.1, -0.05) is 42.5 Å². The molecule has 1 aromatic carbocycles. The van der Waals surface area contributed by atoms with Crippen molar-refractivity contribution in [3.05, 3.63) is 56.1 Å². The van der Waals surface area contributed by atoms with Crippen LogP contribution in [-0.2, 0) is 12.8 Å². The smallest absolute Gasteiger partial charge is 0.305 e. The Balaban J connectivity index is 1.65. The van der Waals surface area contributed by atoms with E-state index in [0.29, 0.717) is 12.2 Å². The van der Waals surface area contributed by atoms with Gasteiger partial charge in [0.15, 0.2) is 0 Å². The van der Waals surface area contributed by atoms with Crippen LogP contribution in [0.2, 0.25) is 0 Å². The summed E-state index contributed by atoms with van der Waals surface area (Å²) in [4.78, 5) is 25.3. The van der Waals surface area contributed by atoms with Crippen LogP contribution < -0.4 is 10.2 Å². The largest absolute Gasteiger partial charge is 0.350 e.